The number of rotatable bonds is 9. The van der Waals surface area contributed by atoms with Crippen molar-refractivity contribution in [1.82, 2.24) is 9.78 Å². The fourth-order valence-corrected chi connectivity index (χ4v) is 5.34. The molecule has 7 nitrogen and oxygen atoms in total. The summed E-state index contributed by atoms with van der Waals surface area (Å²) < 4.78 is 7.71. The van der Waals surface area contributed by atoms with Crippen LogP contribution in [0.3, 0.4) is 0 Å². The molecule has 0 aliphatic carbocycles. The minimum atomic E-state index is -0.946. The van der Waals surface area contributed by atoms with Crippen molar-refractivity contribution in [2.24, 2.45) is 0 Å². The first-order valence-electron chi connectivity index (χ1n) is 13.6. The zero-order chi connectivity index (χ0) is 28.1. The zero-order valence-corrected chi connectivity index (χ0v) is 23.2. The molecule has 3 aromatic carbocycles. The number of hydrogen-bond donors (Lipinski definition) is 1. The molecule has 1 amide bonds. The van der Waals surface area contributed by atoms with Crippen molar-refractivity contribution in [3.63, 3.8) is 0 Å². The number of ether oxygens (including phenoxy) is 1. The summed E-state index contributed by atoms with van der Waals surface area (Å²) >= 11 is 6.19. The predicted octanol–water partition coefficient (Wildman–Crippen LogP) is 6.79. The maximum atomic E-state index is 13.4. The van der Waals surface area contributed by atoms with Crippen LogP contribution < -0.4 is 9.64 Å². The Balaban J connectivity index is 1.29. The third kappa shape index (κ3) is 6.20. The van der Waals surface area contributed by atoms with Crippen molar-refractivity contribution >= 4 is 29.2 Å². The van der Waals surface area contributed by atoms with Gasteiger partial charge in [0, 0.05) is 41.0 Å². The molecule has 0 saturated heterocycles. The third-order valence-corrected chi connectivity index (χ3v) is 7.68. The van der Waals surface area contributed by atoms with Gasteiger partial charge in [-0.05, 0) is 79.6 Å². The minimum Gasteiger partial charge on any atom is -0.493 e. The number of carboxylic acids is 1. The Morgan fingerprint density at radius 3 is 2.75 bits per heavy atom. The molecule has 1 aromatic heterocycles. The van der Waals surface area contributed by atoms with E-state index < -0.39 is 5.97 Å². The zero-order valence-electron chi connectivity index (χ0n) is 22.5. The highest BCUT2D eigenvalue weighted by Gasteiger charge is 2.23. The number of aromatic carboxylic acids is 1. The number of benzene rings is 3. The van der Waals surface area contributed by atoms with Crippen molar-refractivity contribution < 1.29 is 19.4 Å². The summed E-state index contributed by atoms with van der Waals surface area (Å²) in [6.07, 6.45) is 7.66. The molecule has 0 spiro atoms. The van der Waals surface area contributed by atoms with E-state index in [0.29, 0.717) is 37.6 Å². The van der Waals surface area contributed by atoms with E-state index in [-0.39, 0.29) is 11.5 Å². The average molecular weight is 558 g/mol. The summed E-state index contributed by atoms with van der Waals surface area (Å²) in [6, 6.07) is 18.6. The van der Waals surface area contributed by atoms with Crippen LogP contribution in [-0.2, 0) is 17.8 Å². The van der Waals surface area contributed by atoms with Gasteiger partial charge >= 0.3 is 5.97 Å². The smallest absolute Gasteiger partial charge is 0.335 e. The fourth-order valence-electron chi connectivity index (χ4n) is 5.18. The summed E-state index contributed by atoms with van der Waals surface area (Å²) in [4.78, 5) is 26.6. The highest BCUT2D eigenvalue weighted by atomic mass is 35.5. The second-order valence-corrected chi connectivity index (χ2v) is 10.5. The normalized spacial score (nSPS) is 13.0. The Hall–Kier alpha value is -4.10. The number of carbonyl (C=O) groups is 2. The summed E-state index contributed by atoms with van der Waals surface area (Å²) in [5.74, 6) is -0.0987. The van der Waals surface area contributed by atoms with Crippen LogP contribution in [0.5, 0.6) is 5.75 Å². The summed E-state index contributed by atoms with van der Waals surface area (Å²) in [7, 11) is 0. The van der Waals surface area contributed by atoms with Crippen LogP contribution in [-0.4, -0.2) is 39.9 Å². The standard InChI is InChI=1S/C32H32ClN3O4/c1-22-28(33)12-6-14-30(22)40-17-7-15-31(37)36-16-3-2-10-27-26(11-5-13-29(27)36)25-19-34-35(21-25)20-23-8-4-9-24(18-23)32(38)39/h4-6,8-9,11-14,18-19,21H,2-3,7,10,15-17,20H2,1H3,(H,38,39). The molecule has 8 heteroatoms. The Kier molecular flexibility index (Phi) is 8.51. The van der Waals surface area contributed by atoms with Gasteiger partial charge in [-0.25, -0.2) is 4.79 Å². The molecular formula is C32H32ClN3O4. The van der Waals surface area contributed by atoms with Crippen LogP contribution in [0, 0.1) is 6.92 Å². The predicted molar refractivity (Wildman–Crippen MR) is 156 cm³/mol. The lowest BCUT2D eigenvalue weighted by atomic mass is 9.97. The van der Waals surface area contributed by atoms with Crippen molar-refractivity contribution in [2.45, 2.75) is 45.6 Å². The highest BCUT2D eigenvalue weighted by molar-refractivity contribution is 6.31. The number of halogens is 1. The van der Waals surface area contributed by atoms with Gasteiger partial charge in [-0.3, -0.25) is 9.48 Å². The molecule has 0 bridgehead atoms. The van der Waals surface area contributed by atoms with Gasteiger partial charge in [-0.2, -0.15) is 5.10 Å². The molecule has 1 aliphatic rings. The van der Waals surface area contributed by atoms with Gasteiger partial charge in [0.05, 0.1) is 24.9 Å². The molecule has 0 saturated carbocycles. The van der Waals surface area contributed by atoms with Crippen molar-refractivity contribution in [3.05, 3.63) is 100 Å². The second kappa shape index (κ2) is 12.4. The lowest BCUT2D eigenvalue weighted by Crippen LogP contribution is -2.31. The highest BCUT2D eigenvalue weighted by Crippen LogP contribution is 2.35. The number of carbonyl (C=O) groups excluding carboxylic acids is 1. The molecule has 0 fully saturated rings. The largest absolute Gasteiger partial charge is 0.493 e. The molecule has 0 atom stereocenters. The Labute approximate surface area is 239 Å². The van der Waals surface area contributed by atoms with Gasteiger partial charge in [0.2, 0.25) is 5.91 Å². The Bertz CT molecular complexity index is 1530. The summed E-state index contributed by atoms with van der Waals surface area (Å²) in [6.45, 7) is 3.54. The van der Waals surface area contributed by atoms with E-state index in [9.17, 15) is 14.7 Å². The van der Waals surface area contributed by atoms with Crippen LogP contribution in [0.2, 0.25) is 5.02 Å². The number of amides is 1. The monoisotopic (exact) mass is 557 g/mol. The van der Waals surface area contributed by atoms with E-state index in [4.69, 9.17) is 16.3 Å². The number of anilines is 1. The molecule has 2 heterocycles. The Morgan fingerprint density at radius 1 is 1.07 bits per heavy atom. The lowest BCUT2D eigenvalue weighted by Gasteiger charge is -2.24. The van der Waals surface area contributed by atoms with E-state index in [0.717, 1.165) is 58.5 Å². The topological polar surface area (TPSA) is 84.7 Å². The van der Waals surface area contributed by atoms with Gasteiger partial charge in [0.15, 0.2) is 0 Å². The van der Waals surface area contributed by atoms with Gasteiger partial charge in [-0.15, -0.1) is 0 Å². The average Bonchev–Trinajstić information content (AvgIpc) is 3.30. The van der Waals surface area contributed by atoms with Gasteiger partial charge in [-0.1, -0.05) is 41.9 Å². The molecular weight excluding hydrogens is 526 g/mol. The number of nitrogens with zero attached hydrogens (tertiary/aromatic N) is 3. The maximum Gasteiger partial charge on any atom is 0.335 e. The molecule has 0 unspecified atom stereocenters. The second-order valence-electron chi connectivity index (χ2n) is 10.1. The number of fused-ring (bicyclic) bond motifs is 1. The number of aromatic nitrogens is 2. The fraction of sp³-hybridized carbons (Fsp3) is 0.281. The van der Waals surface area contributed by atoms with Crippen molar-refractivity contribution in [1.29, 1.82) is 0 Å². The number of carboxylic acid groups (broad SMARTS) is 1. The minimum absolute atomic E-state index is 0.0979. The van der Waals surface area contributed by atoms with Crippen LogP contribution in [0.1, 0.15) is 52.7 Å². The van der Waals surface area contributed by atoms with Gasteiger partial charge < -0.3 is 14.7 Å². The first-order valence-corrected chi connectivity index (χ1v) is 13.9. The number of hydrogen-bond acceptors (Lipinski definition) is 4. The van der Waals surface area contributed by atoms with E-state index >= 15 is 0 Å². The van der Waals surface area contributed by atoms with Gasteiger partial charge in [0.1, 0.15) is 5.75 Å². The molecule has 0 radical (unpaired) electrons. The molecule has 5 rings (SSSR count). The van der Waals surface area contributed by atoms with Crippen LogP contribution in [0.25, 0.3) is 11.1 Å². The first-order chi connectivity index (χ1) is 19.4. The van der Waals surface area contributed by atoms with Crippen LogP contribution in [0.4, 0.5) is 5.69 Å². The molecule has 40 heavy (non-hydrogen) atoms. The van der Waals surface area contributed by atoms with Crippen LogP contribution in [0.15, 0.2) is 73.1 Å². The summed E-state index contributed by atoms with van der Waals surface area (Å²) in [5.41, 5.74) is 6.21. The lowest BCUT2D eigenvalue weighted by molar-refractivity contribution is -0.118. The molecule has 4 aromatic rings. The quantitative estimate of drug-likeness (QED) is 0.229. The summed E-state index contributed by atoms with van der Waals surface area (Å²) in [5, 5.41) is 14.5. The first kappa shape index (κ1) is 27.5. The maximum absolute atomic E-state index is 13.4. The SMILES string of the molecule is Cc1c(Cl)cccc1OCCCC(=O)N1CCCCc2c(-c3cnn(Cc4cccc(C(=O)O)c4)c3)cccc21. The van der Waals surface area contributed by atoms with Crippen molar-refractivity contribution in [3.8, 4) is 16.9 Å². The van der Waals surface area contributed by atoms with Crippen LogP contribution >= 0.6 is 11.6 Å². The van der Waals surface area contributed by atoms with Gasteiger partial charge in [0.25, 0.3) is 0 Å². The Morgan fingerprint density at radius 2 is 1.90 bits per heavy atom. The van der Waals surface area contributed by atoms with E-state index in [1.807, 2.05) is 65.3 Å². The third-order valence-electron chi connectivity index (χ3n) is 7.27. The molecule has 206 valence electrons. The molecule has 1 N–H and O–H groups in total. The van der Waals surface area contributed by atoms with Crippen molar-refractivity contribution in [2.75, 3.05) is 18.1 Å². The van der Waals surface area contributed by atoms with E-state index in [1.54, 1.807) is 18.2 Å². The van der Waals surface area contributed by atoms with E-state index in [1.165, 1.54) is 0 Å². The van der Waals surface area contributed by atoms with E-state index in [2.05, 4.69) is 11.2 Å². The molecule has 1 aliphatic heterocycles.